The van der Waals surface area contributed by atoms with Crippen LogP contribution in [0.1, 0.15) is 12.8 Å². The molecule has 1 N–H and O–H groups in total. The van der Waals surface area contributed by atoms with Crippen LogP contribution < -0.4 is 0 Å². The van der Waals surface area contributed by atoms with Crippen LogP contribution in [0.2, 0.25) is 0 Å². The summed E-state index contributed by atoms with van der Waals surface area (Å²) in [5.74, 6) is 2.19. The first-order valence-electron chi connectivity index (χ1n) is 3.70. The monoisotopic (exact) mass is 157 g/mol. The van der Waals surface area contributed by atoms with Crippen LogP contribution in [-0.4, -0.2) is 35.8 Å². The first-order chi connectivity index (χ1) is 5.16. The number of rotatable bonds is 0. The lowest BCUT2D eigenvalue weighted by molar-refractivity contribution is 0.108. The molecule has 0 spiro atoms. The Balaban J connectivity index is 2.60. The maximum absolute atomic E-state index is 13.4. The largest absolute Gasteiger partial charge is 0.462 e. The molecular weight excluding hydrogens is 145 g/mol. The Labute approximate surface area is 66.0 Å². The van der Waals surface area contributed by atoms with Gasteiger partial charge in [-0.15, -0.1) is 0 Å². The SMILES string of the molecule is CN1CCC[C@@](F)(C#CO)C1. The van der Waals surface area contributed by atoms with Gasteiger partial charge in [-0.25, -0.2) is 4.39 Å². The zero-order chi connectivity index (χ0) is 8.32. The molecule has 1 aliphatic rings. The summed E-state index contributed by atoms with van der Waals surface area (Å²) in [5.41, 5.74) is -1.48. The van der Waals surface area contributed by atoms with Gasteiger partial charge in [-0.3, -0.25) is 0 Å². The van der Waals surface area contributed by atoms with Gasteiger partial charge in [0.05, 0.1) is 0 Å². The Morgan fingerprint density at radius 3 is 2.91 bits per heavy atom. The number of hydrogen-bond acceptors (Lipinski definition) is 2. The van der Waals surface area contributed by atoms with Gasteiger partial charge in [0.1, 0.15) is 6.11 Å². The van der Waals surface area contributed by atoms with E-state index in [0.29, 0.717) is 13.0 Å². The van der Waals surface area contributed by atoms with Crippen LogP contribution in [-0.2, 0) is 0 Å². The number of piperidine rings is 1. The summed E-state index contributed by atoms with van der Waals surface area (Å²) in [4.78, 5) is 1.88. The molecule has 0 aromatic rings. The molecule has 2 nitrogen and oxygen atoms in total. The van der Waals surface area contributed by atoms with Crippen molar-refractivity contribution in [3.05, 3.63) is 0 Å². The molecule has 11 heavy (non-hydrogen) atoms. The predicted octanol–water partition coefficient (Wildman–Crippen LogP) is 0.754. The minimum absolute atomic E-state index is 0.306. The third-order valence-electron chi connectivity index (χ3n) is 1.91. The fraction of sp³-hybridized carbons (Fsp3) is 0.750. The Kier molecular flexibility index (Phi) is 2.35. The number of alkyl halides is 1. The fourth-order valence-electron chi connectivity index (χ4n) is 1.42. The van der Waals surface area contributed by atoms with Crippen LogP contribution in [0.5, 0.6) is 0 Å². The summed E-state index contributed by atoms with van der Waals surface area (Å²) in [6.45, 7) is 1.22. The van der Waals surface area contributed by atoms with Crippen molar-refractivity contribution in [1.82, 2.24) is 4.90 Å². The van der Waals surface area contributed by atoms with Crippen molar-refractivity contribution in [2.75, 3.05) is 20.1 Å². The van der Waals surface area contributed by atoms with Crippen LogP contribution in [0.15, 0.2) is 0 Å². The van der Waals surface area contributed by atoms with Crippen molar-refractivity contribution in [2.45, 2.75) is 18.5 Å². The minimum Gasteiger partial charge on any atom is -0.462 e. The van der Waals surface area contributed by atoms with E-state index in [9.17, 15) is 4.39 Å². The Morgan fingerprint density at radius 2 is 2.36 bits per heavy atom. The summed E-state index contributed by atoms with van der Waals surface area (Å²) in [6, 6.07) is 0. The maximum Gasteiger partial charge on any atom is 0.186 e. The first kappa shape index (κ1) is 8.35. The summed E-state index contributed by atoms with van der Waals surface area (Å²) in [5, 5.41) is 8.25. The smallest absolute Gasteiger partial charge is 0.186 e. The van der Waals surface area contributed by atoms with E-state index in [1.54, 1.807) is 6.11 Å². The lowest BCUT2D eigenvalue weighted by Gasteiger charge is -2.31. The molecule has 1 fully saturated rings. The summed E-state index contributed by atoms with van der Waals surface area (Å²) < 4.78 is 13.4. The number of aliphatic hydroxyl groups is 1. The predicted molar refractivity (Wildman–Crippen MR) is 40.3 cm³/mol. The lowest BCUT2D eigenvalue weighted by Crippen LogP contribution is -2.42. The normalized spacial score (nSPS) is 32.5. The molecule has 62 valence electrons. The fourth-order valence-corrected chi connectivity index (χ4v) is 1.42. The topological polar surface area (TPSA) is 23.5 Å². The van der Waals surface area contributed by atoms with Gasteiger partial charge >= 0.3 is 0 Å². The number of likely N-dealkylation sites (tertiary alicyclic amines) is 1. The molecule has 1 rings (SSSR count). The maximum atomic E-state index is 13.4. The van der Waals surface area contributed by atoms with Gasteiger partial charge in [-0.2, -0.15) is 0 Å². The van der Waals surface area contributed by atoms with E-state index >= 15 is 0 Å². The van der Waals surface area contributed by atoms with Crippen LogP contribution >= 0.6 is 0 Å². The van der Waals surface area contributed by atoms with Gasteiger partial charge in [-0.05, 0) is 32.4 Å². The number of halogens is 1. The highest BCUT2D eigenvalue weighted by atomic mass is 19.1. The van der Waals surface area contributed by atoms with Crippen molar-refractivity contribution >= 4 is 0 Å². The van der Waals surface area contributed by atoms with E-state index < -0.39 is 5.67 Å². The van der Waals surface area contributed by atoms with Crippen LogP contribution in [0, 0.1) is 12.0 Å². The molecule has 1 saturated heterocycles. The Morgan fingerprint density at radius 1 is 1.64 bits per heavy atom. The third-order valence-corrected chi connectivity index (χ3v) is 1.91. The average Bonchev–Trinajstić information content (AvgIpc) is 1.86. The number of nitrogens with zero attached hydrogens (tertiary/aromatic N) is 1. The van der Waals surface area contributed by atoms with Gasteiger partial charge in [0.15, 0.2) is 5.67 Å². The second-order valence-corrected chi connectivity index (χ2v) is 3.04. The highest BCUT2D eigenvalue weighted by molar-refractivity contribution is 5.12. The van der Waals surface area contributed by atoms with E-state index in [0.717, 1.165) is 13.0 Å². The van der Waals surface area contributed by atoms with Crippen LogP contribution in [0.25, 0.3) is 0 Å². The standard InChI is InChI=1S/C8H12FNO/c1-10-5-2-3-8(9,7-10)4-6-11/h11H,2-3,5,7H2,1H3/t8-/m1/s1. The molecule has 1 aliphatic heterocycles. The lowest BCUT2D eigenvalue weighted by atomic mass is 9.96. The number of aliphatic hydroxyl groups excluding tert-OH is 1. The zero-order valence-corrected chi connectivity index (χ0v) is 6.60. The second-order valence-electron chi connectivity index (χ2n) is 3.04. The van der Waals surface area contributed by atoms with Gasteiger partial charge in [0.2, 0.25) is 0 Å². The Hall–Kier alpha value is -0.750. The molecule has 0 aromatic heterocycles. The zero-order valence-electron chi connectivity index (χ0n) is 6.60. The van der Waals surface area contributed by atoms with Gasteiger partial charge in [0, 0.05) is 6.54 Å². The van der Waals surface area contributed by atoms with Gasteiger partial charge in [-0.1, -0.05) is 0 Å². The number of hydrogen-bond donors (Lipinski definition) is 1. The molecule has 1 atom stereocenters. The highest BCUT2D eigenvalue weighted by Gasteiger charge is 2.32. The van der Waals surface area contributed by atoms with E-state index in [1.165, 1.54) is 0 Å². The van der Waals surface area contributed by atoms with E-state index in [1.807, 2.05) is 11.9 Å². The molecule has 0 unspecified atom stereocenters. The van der Waals surface area contributed by atoms with Crippen molar-refractivity contribution < 1.29 is 9.50 Å². The molecule has 0 radical (unpaired) electrons. The third kappa shape index (κ3) is 2.09. The van der Waals surface area contributed by atoms with Crippen molar-refractivity contribution in [1.29, 1.82) is 0 Å². The molecule has 0 aliphatic carbocycles. The molecule has 0 amide bonds. The van der Waals surface area contributed by atoms with Crippen molar-refractivity contribution in [2.24, 2.45) is 0 Å². The molecule has 0 aromatic carbocycles. The van der Waals surface area contributed by atoms with Crippen LogP contribution in [0.3, 0.4) is 0 Å². The first-order valence-corrected chi connectivity index (χ1v) is 3.70. The molecule has 1 heterocycles. The van der Waals surface area contributed by atoms with E-state index in [2.05, 4.69) is 5.92 Å². The minimum atomic E-state index is -1.48. The van der Waals surface area contributed by atoms with Crippen LogP contribution in [0.4, 0.5) is 4.39 Å². The van der Waals surface area contributed by atoms with E-state index in [-0.39, 0.29) is 0 Å². The quantitative estimate of drug-likeness (QED) is 0.524. The van der Waals surface area contributed by atoms with Crippen molar-refractivity contribution in [3.63, 3.8) is 0 Å². The highest BCUT2D eigenvalue weighted by Crippen LogP contribution is 2.23. The van der Waals surface area contributed by atoms with E-state index in [4.69, 9.17) is 5.11 Å². The summed E-state index contributed by atoms with van der Waals surface area (Å²) in [7, 11) is 1.85. The summed E-state index contributed by atoms with van der Waals surface area (Å²) >= 11 is 0. The Bertz CT molecular complexity index is 196. The average molecular weight is 157 g/mol. The van der Waals surface area contributed by atoms with Crippen molar-refractivity contribution in [3.8, 4) is 12.0 Å². The van der Waals surface area contributed by atoms with Gasteiger partial charge < -0.3 is 10.0 Å². The summed E-state index contributed by atoms with van der Waals surface area (Å²) in [6.07, 6.45) is 2.89. The van der Waals surface area contributed by atoms with Gasteiger partial charge in [0.25, 0.3) is 0 Å². The molecular formula is C8H12FNO. The molecule has 0 saturated carbocycles. The second kappa shape index (κ2) is 3.10. The molecule has 0 bridgehead atoms. The molecule has 3 heteroatoms.